The Hall–Kier alpha value is -3.47. The van der Waals surface area contributed by atoms with Gasteiger partial charge in [0.2, 0.25) is 5.89 Å². The lowest BCUT2D eigenvalue weighted by molar-refractivity contribution is 0.0280. The third-order valence-corrected chi connectivity index (χ3v) is 4.36. The molecule has 0 saturated carbocycles. The molecule has 0 N–H and O–H groups in total. The summed E-state index contributed by atoms with van der Waals surface area (Å²) in [6, 6.07) is 21.1. The molecule has 0 aliphatic carbocycles. The minimum Gasteiger partial charge on any atom is -0.449 e. The van der Waals surface area contributed by atoms with Crippen LogP contribution >= 0.6 is 0 Å². The number of hydrogen-bond donors (Lipinski definition) is 0. The number of aryl methyl sites for hydroxylation is 1. The summed E-state index contributed by atoms with van der Waals surface area (Å²) in [4.78, 5) is 12.5. The summed E-state index contributed by atoms with van der Waals surface area (Å²) in [5, 5.41) is 10.1. The predicted molar refractivity (Wildman–Crippen MR) is 102 cm³/mol. The van der Waals surface area contributed by atoms with Crippen molar-refractivity contribution in [2.75, 3.05) is 0 Å². The maximum atomic E-state index is 12.5. The number of carbonyl (C=O) groups excluding carboxylic acids is 1. The number of hydrogen-bond acceptors (Lipinski definition) is 5. The van der Waals surface area contributed by atoms with Crippen LogP contribution in [-0.4, -0.2) is 16.2 Å². The van der Waals surface area contributed by atoms with Crippen LogP contribution in [0.5, 0.6) is 0 Å². The molecule has 3 aromatic carbocycles. The summed E-state index contributed by atoms with van der Waals surface area (Å²) in [6.07, 6.45) is -0.643. The Kier molecular flexibility index (Phi) is 4.42. The van der Waals surface area contributed by atoms with Crippen LogP contribution in [0.15, 0.2) is 71.1 Å². The molecule has 0 spiro atoms. The summed E-state index contributed by atoms with van der Waals surface area (Å²) >= 11 is 0. The van der Waals surface area contributed by atoms with E-state index >= 15 is 0 Å². The van der Waals surface area contributed by atoms with E-state index in [1.807, 2.05) is 67.6 Å². The van der Waals surface area contributed by atoms with Crippen molar-refractivity contribution in [2.24, 2.45) is 0 Å². The molecule has 0 unspecified atom stereocenters. The number of aromatic nitrogens is 2. The fourth-order valence-electron chi connectivity index (χ4n) is 2.81. The largest absolute Gasteiger partial charge is 0.449 e. The zero-order chi connectivity index (χ0) is 18.8. The Labute approximate surface area is 156 Å². The lowest BCUT2D eigenvalue weighted by Crippen LogP contribution is -2.09. The molecule has 0 fully saturated rings. The fraction of sp³-hybridized carbons (Fsp3) is 0.136. The van der Waals surface area contributed by atoms with E-state index in [1.54, 1.807) is 13.0 Å². The molecular weight excluding hydrogens is 340 g/mol. The highest BCUT2D eigenvalue weighted by atomic mass is 16.6. The van der Waals surface area contributed by atoms with E-state index in [-0.39, 0.29) is 5.89 Å². The second-order valence-corrected chi connectivity index (χ2v) is 6.42. The average molecular weight is 358 g/mol. The van der Waals surface area contributed by atoms with Crippen LogP contribution in [0.25, 0.3) is 22.2 Å². The molecule has 0 amide bonds. The van der Waals surface area contributed by atoms with Crippen LogP contribution in [0.4, 0.5) is 0 Å². The molecule has 1 aromatic heterocycles. The Morgan fingerprint density at radius 3 is 2.48 bits per heavy atom. The maximum absolute atomic E-state index is 12.5. The van der Waals surface area contributed by atoms with Gasteiger partial charge in [0.1, 0.15) is 0 Å². The first-order valence-corrected chi connectivity index (χ1v) is 8.70. The SMILES string of the molecule is Cc1ccc(-c2nnc([C@H](C)OC(=O)c3ccc4ccccc4c3)o2)cc1. The highest BCUT2D eigenvalue weighted by Gasteiger charge is 2.20. The summed E-state index contributed by atoms with van der Waals surface area (Å²) in [6.45, 7) is 3.72. The number of esters is 1. The smallest absolute Gasteiger partial charge is 0.338 e. The van der Waals surface area contributed by atoms with Gasteiger partial charge in [0, 0.05) is 5.56 Å². The van der Waals surface area contributed by atoms with E-state index in [0.29, 0.717) is 11.5 Å². The molecule has 0 bridgehead atoms. The highest BCUT2D eigenvalue weighted by Crippen LogP contribution is 2.24. The number of rotatable bonds is 4. The van der Waals surface area contributed by atoms with Crippen LogP contribution in [0.1, 0.15) is 34.8 Å². The van der Waals surface area contributed by atoms with Crippen molar-refractivity contribution in [3.05, 3.63) is 83.7 Å². The molecule has 5 heteroatoms. The van der Waals surface area contributed by atoms with E-state index in [4.69, 9.17) is 9.15 Å². The van der Waals surface area contributed by atoms with Gasteiger partial charge in [0.05, 0.1) is 5.56 Å². The zero-order valence-corrected chi connectivity index (χ0v) is 15.0. The lowest BCUT2D eigenvalue weighted by atomic mass is 10.1. The third-order valence-electron chi connectivity index (χ3n) is 4.36. The van der Waals surface area contributed by atoms with Gasteiger partial charge in [-0.25, -0.2) is 4.79 Å². The summed E-state index contributed by atoms with van der Waals surface area (Å²) in [5.74, 6) is 0.238. The molecule has 5 nitrogen and oxygen atoms in total. The van der Waals surface area contributed by atoms with Crippen molar-refractivity contribution in [1.29, 1.82) is 0 Å². The summed E-state index contributed by atoms with van der Waals surface area (Å²) < 4.78 is 11.2. The topological polar surface area (TPSA) is 65.2 Å². The van der Waals surface area contributed by atoms with Gasteiger partial charge in [0.25, 0.3) is 5.89 Å². The highest BCUT2D eigenvalue weighted by molar-refractivity contribution is 5.95. The Morgan fingerprint density at radius 1 is 0.963 bits per heavy atom. The van der Waals surface area contributed by atoms with Crippen LogP contribution in [0, 0.1) is 6.92 Å². The van der Waals surface area contributed by atoms with Gasteiger partial charge < -0.3 is 9.15 Å². The van der Waals surface area contributed by atoms with Crippen molar-refractivity contribution in [2.45, 2.75) is 20.0 Å². The predicted octanol–water partition coefficient (Wildman–Crippen LogP) is 5.12. The van der Waals surface area contributed by atoms with Gasteiger partial charge in [-0.15, -0.1) is 10.2 Å². The number of nitrogens with zero attached hydrogens (tertiary/aromatic N) is 2. The quantitative estimate of drug-likeness (QED) is 0.474. The van der Waals surface area contributed by atoms with Crippen molar-refractivity contribution in [3.63, 3.8) is 0 Å². The number of ether oxygens (including phenoxy) is 1. The maximum Gasteiger partial charge on any atom is 0.338 e. The van der Waals surface area contributed by atoms with E-state index < -0.39 is 12.1 Å². The minimum atomic E-state index is -0.643. The van der Waals surface area contributed by atoms with Gasteiger partial charge in [-0.2, -0.15) is 0 Å². The van der Waals surface area contributed by atoms with Gasteiger partial charge in [-0.3, -0.25) is 0 Å². The fourth-order valence-corrected chi connectivity index (χ4v) is 2.81. The van der Waals surface area contributed by atoms with E-state index in [9.17, 15) is 4.79 Å². The summed E-state index contributed by atoms with van der Waals surface area (Å²) in [7, 11) is 0. The first-order valence-electron chi connectivity index (χ1n) is 8.70. The van der Waals surface area contributed by atoms with Gasteiger partial charge in [-0.05, 0) is 48.9 Å². The van der Waals surface area contributed by atoms with Crippen molar-refractivity contribution < 1.29 is 13.9 Å². The Bertz CT molecular complexity index is 1100. The van der Waals surface area contributed by atoms with Crippen LogP contribution in [0.2, 0.25) is 0 Å². The molecule has 0 radical (unpaired) electrons. The first kappa shape index (κ1) is 17.0. The molecule has 0 saturated heterocycles. The molecule has 1 heterocycles. The normalized spacial score (nSPS) is 12.1. The van der Waals surface area contributed by atoms with Crippen LogP contribution in [-0.2, 0) is 4.74 Å². The van der Waals surface area contributed by atoms with E-state index in [2.05, 4.69) is 10.2 Å². The van der Waals surface area contributed by atoms with Crippen LogP contribution < -0.4 is 0 Å². The van der Waals surface area contributed by atoms with Crippen molar-refractivity contribution in [1.82, 2.24) is 10.2 Å². The summed E-state index contributed by atoms with van der Waals surface area (Å²) in [5.41, 5.74) is 2.46. The van der Waals surface area contributed by atoms with Crippen molar-refractivity contribution >= 4 is 16.7 Å². The van der Waals surface area contributed by atoms with Crippen LogP contribution in [0.3, 0.4) is 0 Å². The Morgan fingerprint density at radius 2 is 1.70 bits per heavy atom. The molecule has 134 valence electrons. The van der Waals surface area contributed by atoms with Gasteiger partial charge in [0.15, 0.2) is 6.10 Å². The van der Waals surface area contributed by atoms with E-state index in [1.165, 1.54) is 0 Å². The van der Waals surface area contributed by atoms with Crippen molar-refractivity contribution in [3.8, 4) is 11.5 Å². The molecule has 27 heavy (non-hydrogen) atoms. The third kappa shape index (κ3) is 3.58. The Balaban J connectivity index is 1.50. The lowest BCUT2D eigenvalue weighted by Gasteiger charge is -2.10. The molecule has 0 aliphatic rings. The second kappa shape index (κ2) is 7.03. The molecule has 4 aromatic rings. The first-order chi connectivity index (χ1) is 13.1. The van der Waals surface area contributed by atoms with E-state index in [0.717, 1.165) is 21.9 Å². The number of fused-ring (bicyclic) bond motifs is 1. The van der Waals surface area contributed by atoms with Gasteiger partial charge in [-0.1, -0.05) is 48.0 Å². The minimum absolute atomic E-state index is 0.264. The number of carbonyl (C=O) groups is 1. The number of benzene rings is 3. The molecular formula is C22H18N2O3. The zero-order valence-electron chi connectivity index (χ0n) is 15.0. The molecule has 4 rings (SSSR count). The molecule has 0 aliphatic heterocycles. The standard InChI is InChI=1S/C22H18N2O3/c1-14-7-9-17(10-8-14)21-24-23-20(27-21)15(2)26-22(25)19-12-11-16-5-3-4-6-18(16)13-19/h3-13,15H,1-2H3/t15-/m0/s1. The second-order valence-electron chi connectivity index (χ2n) is 6.42. The van der Waals surface area contributed by atoms with Gasteiger partial charge >= 0.3 is 5.97 Å². The monoisotopic (exact) mass is 358 g/mol. The molecule has 1 atom stereocenters. The average Bonchev–Trinajstić information content (AvgIpc) is 3.18.